The number of pyridine rings is 1. The molecular weight excluding hydrogens is 226 g/mol. The summed E-state index contributed by atoms with van der Waals surface area (Å²) in [4.78, 5) is 19.5. The number of nitrogens with one attached hydrogen (secondary N) is 1. The van der Waals surface area contributed by atoms with Gasteiger partial charge in [-0.25, -0.2) is 14.8 Å². The Morgan fingerprint density at radius 3 is 3.00 bits per heavy atom. The summed E-state index contributed by atoms with van der Waals surface area (Å²) in [5.41, 5.74) is 0.838. The molecule has 0 aromatic carbocycles. The summed E-state index contributed by atoms with van der Waals surface area (Å²) in [5.74, 6) is -0.473. The summed E-state index contributed by atoms with van der Waals surface area (Å²) in [6.45, 7) is 0. The van der Waals surface area contributed by atoms with Gasteiger partial charge in [0, 0.05) is 17.8 Å². The molecule has 0 amide bonds. The Bertz CT molecular complexity index is 485. The zero-order valence-electron chi connectivity index (χ0n) is 8.51. The Hall–Kier alpha value is -1.95. The molecule has 0 atom stereocenters. The van der Waals surface area contributed by atoms with Crippen molar-refractivity contribution in [2.24, 2.45) is 0 Å². The van der Waals surface area contributed by atoms with Gasteiger partial charge in [-0.2, -0.15) is 0 Å². The molecule has 0 aliphatic heterocycles. The van der Waals surface area contributed by atoms with Gasteiger partial charge in [0.2, 0.25) is 0 Å². The SMILES string of the molecule is COC(=O)c1ncccc1Nc1nccs1. The average molecular weight is 235 g/mol. The van der Waals surface area contributed by atoms with Crippen molar-refractivity contribution in [2.45, 2.75) is 0 Å². The molecule has 0 unspecified atom stereocenters. The van der Waals surface area contributed by atoms with Gasteiger partial charge in [0.05, 0.1) is 12.8 Å². The van der Waals surface area contributed by atoms with Crippen molar-refractivity contribution >= 4 is 28.1 Å². The predicted molar refractivity (Wildman–Crippen MR) is 61.0 cm³/mol. The lowest BCUT2D eigenvalue weighted by Crippen LogP contribution is -2.07. The molecule has 2 aromatic rings. The minimum absolute atomic E-state index is 0.250. The van der Waals surface area contributed by atoms with Gasteiger partial charge in [-0.1, -0.05) is 0 Å². The second-order valence-corrected chi connectivity index (χ2v) is 3.75. The topological polar surface area (TPSA) is 64.1 Å². The van der Waals surface area contributed by atoms with Crippen LogP contribution >= 0.6 is 11.3 Å². The molecule has 2 aromatic heterocycles. The Balaban J connectivity index is 2.30. The fraction of sp³-hybridized carbons (Fsp3) is 0.100. The van der Waals surface area contributed by atoms with Crippen LogP contribution in [-0.2, 0) is 4.74 Å². The van der Waals surface area contributed by atoms with Crippen LogP contribution in [0.2, 0.25) is 0 Å². The second kappa shape index (κ2) is 4.71. The summed E-state index contributed by atoms with van der Waals surface area (Å²) in [6, 6.07) is 3.49. The highest BCUT2D eigenvalue weighted by Gasteiger charge is 2.13. The quantitative estimate of drug-likeness (QED) is 0.825. The van der Waals surface area contributed by atoms with Crippen LogP contribution in [0.3, 0.4) is 0 Å². The van der Waals surface area contributed by atoms with E-state index in [0.29, 0.717) is 10.8 Å². The number of aromatic nitrogens is 2. The van der Waals surface area contributed by atoms with Crippen LogP contribution in [-0.4, -0.2) is 23.0 Å². The maximum absolute atomic E-state index is 11.4. The minimum atomic E-state index is -0.473. The molecule has 0 saturated heterocycles. The fourth-order valence-electron chi connectivity index (χ4n) is 1.17. The minimum Gasteiger partial charge on any atom is -0.464 e. The smallest absolute Gasteiger partial charge is 0.358 e. The summed E-state index contributed by atoms with van der Waals surface area (Å²) >= 11 is 1.44. The number of methoxy groups -OCH3 is 1. The van der Waals surface area contributed by atoms with Crippen LogP contribution in [0, 0.1) is 0 Å². The highest BCUT2D eigenvalue weighted by molar-refractivity contribution is 7.13. The number of rotatable bonds is 3. The zero-order chi connectivity index (χ0) is 11.4. The highest BCUT2D eigenvalue weighted by atomic mass is 32.1. The molecule has 0 bridgehead atoms. The van der Waals surface area contributed by atoms with E-state index >= 15 is 0 Å². The van der Waals surface area contributed by atoms with Crippen LogP contribution in [0.4, 0.5) is 10.8 Å². The van der Waals surface area contributed by atoms with Crippen molar-refractivity contribution in [1.82, 2.24) is 9.97 Å². The maximum Gasteiger partial charge on any atom is 0.358 e. The first-order valence-electron chi connectivity index (χ1n) is 4.51. The number of thiazole rings is 1. The normalized spacial score (nSPS) is 9.81. The standard InChI is InChI=1S/C10H9N3O2S/c1-15-9(14)8-7(3-2-4-11-8)13-10-12-5-6-16-10/h2-6H,1H3,(H,12,13). The molecule has 0 spiro atoms. The Morgan fingerprint density at radius 2 is 2.31 bits per heavy atom. The molecule has 0 fully saturated rings. The Labute approximate surface area is 96.1 Å². The van der Waals surface area contributed by atoms with E-state index in [1.807, 2.05) is 5.38 Å². The van der Waals surface area contributed by atoms with Gasteiger partial charge in [-0.05, 0) is 12.1 Å². The molecule has 0 aliphatic carbocycles. The van der Waals surface area contributed by atoms with Crippen LogP contribution in [0.5, 0.6) is 0 Å². The van der Waals surface area contributed by atoms with E-state index in [9.17, 15) is 4.79 Å². The molecular formula is C10H9N3O2S. The van der Waals surface area contributed by atoms with Crippen molar-refractivity contribution in [1.29, 1.82) is 0 Å². The van der Waals surface area contributed by atoms with Crippen LogP contribution < -0.4 is 5.32 Å². The van der Waals surface area contributed by atoms with E-state index in [1.165, 1.54) is 18.4 Å². The third-order valence-electron chi connectivity index (χ3n) is 1.86. The lowest BCUT2D eigenvalue weighted by Gasteiger charge is -2.06. The molecule has 0 radical (unpaired) electrons. The summed E-state index contributed by atoms with van der Waals surface area (Å²) in [5, 5.41) is 5.56. The van der Waals surface area contributed by atoms with E-state index in [4.69, 9.17) is 0 Å². The first kappa shape index (κ1) is 10.6. The van der Waals surface area contributed by atoms with E-state index < -0.39 is 5.97 Å². The molecule has 2 heterocycles. The summed E-state index contributed by atoms with van der Waals surface area (Å²) in [6.07, 6.45) is 3.22. The Kier molecular flexibility index (Phi) is 3.11. The van der Waals surface area contributed by atoms with Crippen LogP contribution in [0.1, 0.15) is 10.5 Å². The number of hydrogen-bond donors (Lipinski definition) is 1. The zero-order valence-corrected chi connectivity index (χ0v) is 9.32. The van der Waals surface area contributed by atoms with Crippen molar-refractivity contribution in [3.63, 3.8) is 0 Å². The van der Waals surface area contributed by atoms with Crippen LogP contribution in [0.25, 0.3) is 0 Å². The molecule has 82 valence electrons. The molecule has 16 heavy (non-hydrogen) atoms. The van der Waals surface area contributed by atoms with Gasteiger partial charge in [0.1, 0.15) is 0 Å². The lowest BCUT2D eigenvalue weighted by molar-refractivity contribution is 0.0595. The summed E-state index contributed by atoms with van der Waals surface area (Å²) < 4.78 is 4.64. The third kappa shape index (κ3) is 2.17. The van der Waals surface area contributed by atoms with Gasteiger partial charge < -0.3 is 10.1 Å². The average Bonchev–Trinajstić information content (AvgIpc) is 2.82. The van der Waals surface area contributed by atoms with E-state index in [1.54, 1.807) is 24.5 Å². The molecule has 0 saturated carbocycles. The number of carbonyl (C=O) groups excluding carboxylic acids is 1. The van der Waals surface area contributed by atoms with Gasteiger partial charge in [0.25, 0.3) is 0 Å². The predicted octanol–water partition coefficient (Wildman–Crippen LogP) is 2.07. The molecule has 2 rings (SSSR count). The van der Waals surface area contributed by atoms with Crippen molar-refractivity contribution < 1.29 is 9.53 Å². The molecule has 5 nitrogen and oxygen atoms in total. The van der Waals surface area contributed by atoms with E-state index in [-0.39, 0.29) is 5.69 Å². The Morgan fingerprint density at radius 1 is 1.44 bits per heavy atom. The number of hydrogen-bond acceptors (Lipinski definition) is 6. The van der Waals surface area contributed by atoms with Crippen molar-refractivity contribution in [2.75, 3.05) is 12.4 Å². The van der Waals surface area contributed by atoms with Gasteiger partial charge in [-0.3, -0.25) is 0 Å². The van der Waals surface area contributed by atoms with Crippen molar-refractivity contribution in [3.05, 3.63) is 35.6 Å². The number of anilines is 2. The largest absolute Gasteiger partial charge is 0.464 e. The monoisotopic (exact) mass is 235 g/mol. The second-order valence-electron chi connectivity index (χ2n) is 2.85. The number of nitrogens with zero attached hydrogens (tertiary/aromatic N) is 2. The van der Waals surface area contributed by atoms with E-state index in [0.717, 1.165) is 0 Å². The first-order valence-corrected chi connectivity index (χ1v) is 5.39. The maximum atomic E-state index is 11.4. The summed E-state index contributed by atoms with van der Waals surface area (Å²) in [7, 11) is 1.32. The van der Waals surface area contributed by atoms with E-state index in [2.05, 4.69) is 20.0 Å². The lowest BCUT2D eigenvalue weighted by atomic mass is 10.3. The molecule has 0 aliphatic rings. The number of carbonyl (C=O) groups is 1. The third-order valence-corrected chi connectivity index (χ3v) is 2.55. The van der Waals surface area contributed by atoms with Crippen molar-refractivity contribution in [3.8, 4) is 0 Å². The fourth-order valence-corrected chi connectivity index (χ4v) is 1.71. The molecule has 1 N–H and O–H groups in total. The number of ether oxygens (including phenoxy) is 1. The first-order chi connectivity index (χ1) is 7.81. The van der Waals surface area contributed by atoms with Crippen LogP contribution in [0.15, 0.2) is 29.9 Å². The molecule has 6 heteroatoms. The van der Waals surface area contributed by atoms with Gasteiger partial charge in [-0.15, -0.1) is 11.3 Å². The van der Waals surface area contributed by atoms with Gasteiger partial charge in [0.15, 0.2) is 10.8 Å². The van der Waals surface area contributed by atoms with Gasteiger partial charge >= 0.3 is 5.97 Å². The highest BCUT2D eigenvalue weighted by Crippen LogP contribution is 2.21. The number of esters is 1.